The van der Waals surface area contributed by atoms with Crippen LogP contribution in [0.1, 0.15) is 20.3 Å². The largest absolute Gasteiger partial charge is 0.476 e. The van der Waals surface area contributed by atoms with Gasteiger partial charge in [-0.25, -0.2) is 4.39 Å². The SMILES string of the molecule is CC1(C)CC(SCOc2c(F)c(F)c(Oc3cccc(F)c3)c(F)c2F)=NO1. The van der Waals surface area contributed by atoms with Crippen LogP contribution < -0.4 is 9.47 Å². The first kappa shape index (κ1) is 20.2. The van der Waals surface area contributed by atoms with Gasteiger partial charge >= 0.3 is 0 Å². The highest BCUT2D eigenvalue weighted by Crippen LogP contribution is 2.37. The second-order valence-corrected chi connectivity index (χ2v) is 7.39. The minimum Gasteiger partial charge on any atom is -0.476 e. The van der Waals surface area contributed by atoms with Crippen molar-refractivity contribution < 1.29 is 36.3 Å². The van der Waals surface area contributed by atoms with Crippen LogP contribution in [0.25, 0.3) is 0 Å². The number of rotatable bonds is 5. The van der Waals surface area contributed by atoms with E-state index in [2.05, 4.69) is 5.16 Å². The quantitative estimate of drug-likeness (QED) is 0.351. The van der Waals surface area contributed by atoms with Gasteiger partial charge in [-0.1, -0.05) is 23.0 Å². The Morgan fingerprint density at radius 2 is 1.68 bits per heavy atom. The minimum absolute atomic E-state index is 0.331. The molecule has 0 N–H and O–H groups in total. The van der Waals surface area contributed by atoms with E-state index in [-0.39, 0.29) is 11.7 Å². The molecule has 0 atom stereocenters. The molecule has 0 aliphatic carbocycles. The van der Waals surface area contributed by atoms with Crippen molar-refractivity contribution >= 4 is 16.8 Å². The maximum absolute atomic E-state index is 14.2. The summed E-state index contributed by atoms with van der Waals surface area (Å²) in [7, 11) is 0. The van der Waals surface area contributed by atoms with E-state index in [0.29, 0.717) is 11.5 Å². The Morgan fingerprint density at radius 1 is 1.04 bits per heavy atom. The molecular formula is C18H14F5NO3S. The first-order valence-electron chi connectivity index (χ1n) is 7.98. The lowest BCUT2D eigenvalue weighted by atomic mass is 10.1. The van der Waals surface area contributed by atoms with Crippen molar-refractivity contribution in [1.29, 1.82) is 0 Å². The molecule has 1 heterocycles. The average Bonchev–Trinajstić information content (AvgIpc) is 2.99. The molecule has 1 aliphatic rings. The van der Waals surface area contributed by atoms with E-state index in [4.69, 9.17) is 14.3 Å². The molecule has 2 aromatic carbocycles. The summed E-state index contributed by atoms with van der Waals surface area (Å²) in [4.78, 5) is 5.12. The zero-order valence-electron chi connectivity index (χ0n) is 14.7. The zero-order chi connectivity index (χ0) is 20.5. The van der Waals surface area contributed by atoms with Gasteiger partial charge in [-0.05, 0) is 26.0 Å². The Kier molecular flexibility index (Phi) is 5.69. The fraction of sp³-hybridized carbons (Fsp3) is 0.278. The summed E-state index contributed by atoms with van der Waals surface area (Å²) >= 11 is 0.970. The summed E-state index contributed by atoms with van der Waals surface area (Å²) in [5, 5.41) is 4.29. The van der Waals surface area contributed by atoms with Gasteiger partial charge in [0.1, 0.15) is 28.2 Å². The molecule has 0 aromatic heterocycles. The standard InChI is InChI=1S/C18H14F5NO3S/c1-18(2)7-11(24-27-18)28-8-25-16-12(20)14(22)17(15(23)13(16)21)26-10-5-3-4-9(19)6-10/h3-6H,7-8H2,1-2H3. The van der Waals surface area contributed by atoms with Gasteiger partial charge in [-0.15, -0.1) is 0 Å². The summed E-state index contributed by atoms with van der Waals surface area (Å²) in [5.74, 6) is -11.1. The third kappa shape index (κ3) is 4.32. The van der Waals surface area contributed by atoms with Gasteiger partial charge in [0, 0.05) is 12.5 Å². The van der Waals surface area contributed by atoms with Crippen molar-refractivity contribution in [2.24, 2.45) is 5.16 Å². The van der Waals surface area contributed by atoms with Gasteiger partial charge < -0.3 is 14.3 Å². The number of halogens is 5. The number of hydrogen-bond donors (Lipinski definition) is 0. The number of benzene rings is 2. The molecule has 0 spiro atoms. The average molecular weight is 419 g/mol. The van der Waals surface area contributed by atoms with Crippen LogP contribution in [0, 0.1) is 29.1 Å². The molecule has 0 amide bonds. The molecule has 0 saturated carbocycles. The minimum atomic E-state index is -1.80. The normalized spacial score (nSPS) is 15.2. The number of oxime groups is 1. The number of hydrogen-bond acceptors (Lipinski definition) is 5. The number of thioether (sulfide) groups is 1. The molecule has 4 nitrogen and oxygen atoms in total. The van der Waals surface area contributed by atoms with Crippen LogP contribution in [-0.4, -0.2) is 16.6 Å². The topological polar surface area (TPSA) is 40.0 Å². The van der Waals surface area contributed by atoms with Crippen LogP contribution in [0.4, 0.5) is 22.0 Å². The monoisotopic (exact) mass is 419 g/mol. The van der Waals surface area contributed by atoms with Crippen LogP contribution in [-0.2, 0) is 4.84 Å². The molecule has 0 bridgehead atoms. The molecule has 28 heavy (non-hydrogen) atoms. The lowest BCUT2D eigenvalue weighted by Gasteiger charge is -2.14. The molecule has 0 radical (unpaired) electrons. The van der Waals surface area contributed by atoms with Gasteiger partial charge in [0.2, 0.25) is 29.0 Å². The van der Waals surface area contributed by atoms with Crippen molar-refractivity contribution in [2.45, 2.75) is 25.9 Å². The predicted molar refractivity (Wildman–Crippen MR) is 93.1 cm³/mol. The Morgan fingerprint density at radius 3 is 2.25 bits per heavy atom. The Balaban J connectivity index is 1.76. The molecule has 10 heteroatoms. The van der Waals surface area contributed by atoms with E-state index in [1.807, 2.05) is 0 Å². The maximum Gasteiger partial charge on any atom is 0.208 e. The van der Waals surface area contributed by atoms with Crippen LogP contribution in [0.2, 0.25) is 0 Å². The van der Waals surface area contributed by atoms with Gasteiger partial charge in [0.15, 0.2) is 5.75 Å². The van der Waals surface area contributed by atoms with Crippen molar-refractivity contribution in [3.63, 3.8) is 0 Å². The summed E-state index contributed by atoms with van der Waals surface area (Å²) in [6.07, 6.45) is 0.453. The number of nitrogens with zero attached hydrogens (tertiary/aromatic N) is 1. The Hall–Kier alpha value is -2.49. The Labute approximate surface area is 161 Å². The van der Waals surface area contributed by atoms with Crippen molar-refractivity contribution in [2.75, 3.05) is 5.94 Å². The van der Waals surface area contributed by atoms with E-state index in [9.17, 15) is 22.0 Å². The van der Waals surface area contributed by atoms with Crippen molar-refractivity contribution in [3.05, 3.63) is 53.4 Å². The summed E-state index contributed by atoms with van der Waals surface area (Å²) in [6.45, 7) is 3.60. The Bertz CT molecular complexity index is 907. The fourth-order valence-corrected chi connectivity index (χ4v) is 3.15. The van der Waals surface area contributed by atoms with Gasteiger partial charge in [-0.2, -0.15) is 17.6 Å². The molecule has 0 fully saturated rings. The fourth-order valence-electron chi connectivity index (χ4n) is 2.29. The first-order valence-corrected chi connectivity index (χ1v) is 8.96. The van der Waals surface area contributed by atoms with Crippen LogP contribution in [0.5, 0.6) is 17.2 Å². The molecule has 150 valence electrons. The highest BCUT2D eigenvalue weighted by molar-refractivity contribution is 8.13. The third-order valence-electron chi connectivity index (χ3n) is 3.60. The molecular weight excluding hydrogens is 405 g/mol. The van der Waals surface area contributed by atoms with E-state index >= 15 is 0 Å². The smallest absolute Gasteiger partial charge is 0.208 e. The highest BCUT2D eigenvalue weighted by atomic mass is 32.2. The van der Waals surface area contributed by atoms with E-state index in [1.54, 1.807) is 13.8 Å². The lowest BCUT2D eigenvalue weighted by molar-refractivity contribution is 0.0123. The summed E-state index contributed by atoms with van der Waals surface area (Å²) < 4.78 is 79.5. The summed E-state index contributed by atoms with van der Waals surface area (Å²) in [6, 6.07) is 4.25. The summed E-state index contributed by atoms with van der Waals surface area (Å²) in [5.41, 5.74) is -0.507. The van der Waals surface area contributed by atoms with E-state index in [1.165, 1.54) is 12.1 Å². The molecule has 2 aromatic rings. The third-order valence-corrected chi connectivity index (χ3v) is 4.39. The van der Waals surface area contributed by atoms with E-state index in [0.717, 1.165) is 23.9 Å². The van der Waals surface area contributed by atoms with Crippen molar-refractivity contribution in [1.82, 2.24) is 0 Å². The van der Waals surface area contributed by atoms with Crippen LogP contribution in [0.15, 0.2) is 29.4 Å². The first-order chi connectivity index (χ1) is 13.2. The molecule has 1 aliphatic heterocycles. The maximum atomic E-state index is 14.2. The second kappa shape index (κ2) is 7.86. The lowest BCUT2D eigenvalue weighted by Crippen LogP contribution is -2.18. The van der Waals surface area contributed by atoms with Crippen molar-refractivity contribution in [3.8, 4) is 17.2 Å². The van der Waals surface area contributed by atoms with E-state index < -0.39 is 46.2 Å². The zero-order valence-corrected chi connectivity index (χ0v) is 15.5. The van der Waals surface area contributed by atoms with Crippen LogP contribution >= 0.6 is 11.8 Å². The number of ether oxygens (including phenoxy) is 2. The van der Waals surface area contributed by atoms with Gasteiger partial charge in [0.25, 0.3) is 0 Å². The molecule has 0 saturated heterocycles. The second-order valence-electron chi connectivity index (χ2n) is 6.39. The highest BCUT2D eigenvalue weighted by Gasteiger charge is 2.31. The van der Waals surface area contributed by atoms with Gasteiger partial charge in [-0.3, -0.25) is 0 Å². The molecule has 3 rings (SSSR count). The van der Waals surface area contributed by atoms with Crippen LogP contribution in [0.3, 0.4) is 0 Å². The predicted octanol–water partition coefficient (Wildman–Crippen LogP) is 5.76. The molecule has 0 unspecified atom stereocenters. The van der Waals surface area contributed by atoms with Gasteiger partial charge in [0.05, 0.1) is 0 Å².